The largest absolute Gasteiger partial charge is 0.491 e. The molecule has 2 fully saturated rings. The predicted octanol–water partition coefficient (Wildman–Crippen LogP) is 4.73. The number of aliphatic imine (C=N–C) groups is 1. The average Bonchev–Trinajstić information content (AvgIpc) is 3.57. The Morgan fingerprint density at radius 2 is 1.70 bits per heavy atom. The average molecular weight is 778 g/mol. The topological polar surface area (TPSA) is 153 Å². The minimum atomic E-state index is -5.37. The molecule has 2 amide bonds. The number of nitrogens with zero attached hydrogens (tertiary/aromatic N) is 6. The Kier molecular flexibility index (Phi) is 9.45. The second-order valence-corrected chi connectivity index (χ2v) is 15.1. The van der Waals surface area contributed by atoms with Gasteiger partial charge in [-0.15, -0.1) is 21.5 Å². The Balaban J connectivity index is 1.04. The summed E-state index contributed by atoms with van der Waals surface area (Å²) in [6.45, 7) is 7.43. The van der Waals surface area contributed by atoms with Crippen LogP contribution in [0.3, 0.4) is 0 Å². The molecule has 7 rings (SSSR count). The first-order valence-electron chi connectivity index (χ1n) is 16.7. The highest BCUT2D eigenvalue weighted by molar-refractivity contribution is 7.15. The smallest absolute Gasteiger partial charge is 0.383 e. The van der Waals surface area contributed by atoms with E-state index in [9.17, 15) is 32.3 Å². The number of thiophene rings is 1. The molecule has 0 unspecified atom stereocenters. The van der Waals surface area contributed by atoms with E-state index in [2.05, 4.69) is 40.6 Å². The molecule has 1 spiro atoms. The number of rotatable bonds is 5. The van der Waals surface area contributed by atoms with Gasteiger partial charge in [-0.1, -0.05) is 35.6 Å². The van der Waals surface area contributed by atoms with Gasteiger partial charge in [0.1, 0.15) is 16.9 Å². The lowest BCUT2D eigenvalue weighted by molar-refractivity contribution is -0.193. The SMILES string of the molecule is Cc1sc2c(c1C)C(c1ccc(Cl)cc1)=N[C@@H](CC(=O)N1CC3(C1)CN(C(=O)c1ccc(C(=O)OC(=O)C(F)(F)F)c(C#CCN)c1)C3)c1nnc(C)n1-2. The molecule has 0 radical (unpaired) electrons. The van der Waals surface area contributed by atoms with Crippen molar-refractivity contribution in [2.24, 2.45) is 16.1 Å². The van der Waals surface area contributed by atoms with Crippen molar-refractivity contribution >= 4 is 52.4 Å². The Bertz CT molecular complexity index is 2330. The Hall–Kier alpha value is -5.37. The van der Waals surface area contributed by atoms with E-state index in [1.807, 2.05) is 35.8 Å². The number of halogens is 4. The number of aryl methyl sites for hydroxylation is 2. The van der Waals surface area contributed by atoms with Gasteiger partial charge in [-0.2, -0.15) is 13.2 Å². The molecule has 4 aromatic rings. The van der Waals surface area contributed by atoms with Crippen LogP contribution in [-0.4, -0.2) is 92.9 Å². The molecule has 0 saturated carbocycles. The second-order valence-electron chi connectivity index (χ2n) is 13.5. The van der Waals surface area contributed by atoms with E-state index in [-0.39, 0.29) is 35.4 Å². The van der Waals surface area contributed by atoms with Gasteiger partial charge in [-0.3, -0.25) is 19.1 Å². The zero-order chi connectivity index (χ0) is 38.7. The van der Waals surface area contributed by atoms with Crippen molar-refractivity contribution in [2.75, 3.05) is 32.7 Å². The molecule has 17 heteroatoms. The zero-order valence-electron chi connectivity index (χ0n) is 29.1. The van der Waals surface area contributed by atoms with Crippen molar-refractivity contribution in [3.63, 3.8) is 0 Å². The number of likely N-dealkylation sites (tertiary alicyclic amines) is 2. The first-order chi connectivity index (χ1) is 25.6. The molecule has 12 nitrogen and oxygen atoms in total. The van der Waals surface area contributed by atoms with Crippen molar-refractivity contribution in [3.05, 3.63) is 97.4 Å². The fraction of sp³-hybridized carbons (Fsp3) is 0.324. The molecule has 0 aliphatic carbocycles. The molecule has 2 saturated heterocycles. The van der Waals surface area contributed by atoms with Gasteiger partial charge in [0.05, 0.1) is 24.2 Å². The van der Waals surface area contributed by atoms with Gasteiger partial charge in [-0.25, -0.2) is 9.59 Å². The highest BCUT2D eigenvalue weighted by atomic mass is 35.5. The summed E-state index contributed by atoms with van der Waals surface area (Å²) in [5, 5.41) is 10.4. The fourth-order valence-electron chi connectivity index (χ4n) is 6.96. The van der Waals surface area contributed by atoms with Crippen LogP contribution in [0.4, 0.5) is 13.2 Å². The highest BCUT2D eigenvalue weighted by Gasteiger charge is 2.54. The zero-order valence-corrected chi connectivity index (χ0v) is 30.7. The monoisotopic (exact) mass is 777 g/mol. The number of amides is 2. The molecule has 2 aromatic carbocycles. The first-order valence-corrected chi connectivity index (χ1v) is 17.9. The number of fused-ring (bicyclic) bond motifs is 3. The van der Waals surface area contributed by atoms with Crippen molar-refractivity contribution in [1.82, 2.24) is 24.6 Å². The molecule has 54 heavy (non-hydrogen) atoms. The number of benzene rings is 2. The maximum absolute atomic E-state index is 13.8. The van der Waals surface area contributed by atoms with Crippen molar-refractivity contribution < 1.29 is 37.1 Å². The Labute approximate surface area is 315 Å². The van der Waals surface area contributed by atoms with Crippen LogP contribution < -0.4 is 5.73 Å². The van der Waals surface area contributed by atoms with Gasteiger partial charge in [0.15, 0.2) is 5.82 Å². The summed E-state index contributed by atoms with van der Waals surface area (Å²) < 4.78 is 43.9. The maximum atomic E-state index is 13.8. The number of ether oxygens (including phenoxy) is 1. The van der Waals surface area contributed by atoms with Gasteiger partial charge < -0.3 is 20.3 Å². The van der Waals surface area contributed by atoms with Crippen molar-refractivity contribution in [1.29, 1.82) is 0 Å². The molecular formula is C37H31ClF3N7O5S. The number of nitrogens with two attached hydrogens (primary N) is 1. The normalized spacial score (nSPS) is 16.9. The minimum absolute atomic E-state index is 0.0525. The van der Waals surface area contributed by atoms with Crippen LogP contribution in [0.2, 0.25) is 5.02 Å². The third-order valence-electron chi connectivity index (χ3n) is 9.70. The van der Waals surface area contributed by atoms with E-state index in [4.69, 9.17) is 22.3 Å². The number of hydrogen-bond donors (Lipinski definition) is 1. The molecule has 0 bridgehead atoms. The highest BCUT2D eigenvalue weighted by Crippen LogP contribution is 2.43. The molecular weight excluding hydrogens is 747 g/mol. The number of alkyl halides is 3. The van der Waals surface area contributed by atoms with E-state index in [0.29, 0.717) is 42.9 Å². The van der Waals surface area contributed by atoms with Crippen molar-refractivity contribution in [3.8, 4) is 16.8 Å². The first kappa shape index (κ1) is 37.0. The summed E-state index contributed by atoms with van der Waals surface area (Å²) >= 11 is 7.84. The summed E-state index contributed by atoms with van der Waals surface area (Å²) in [5.41, 5.74) is 8.37. The molecule has 3 aliphatic heterocycles. The number of carbonyl (C=O) groups is 4. The van der Waals surface area contributed by atoms with Gasteiger partial charge in [-0.05, 0) is 56.7 Å². The van der Waals surface area contributed by atoms with Crippen LogP contribution in [0.25, 0.3) is 5.00 Å². The quantitative estimate of drug-likeness (QED) is 0.174. The van der Waals surface area contributed by atoms with Crippen LogP contribution >= 0.6 is 22.9 Å². The second kappa shape index (κ2) is 13.8. The van der Waals surface area contributed by atoms with Gasteiger partial charge in [0.25, 0.3) is 5.91 Å². The van der Waals surface area contributed by atoms with Gasteiger partial charge in [0, 0.05) is 63.7 Å². The third kappa shape index (κ3) is 6.67. The maximum Gasteiger partial charge on any atom is 0.491 e. The number of aromatic nitrogens is 3. The molecule has 5 heterocycles. The summed E-state index contributed by atoms with van der Waals surface area (Å²) in [4.78, 5) is 60.4. The van der Waals surface area contributed by atoms with E-state index in [1.54, 1.807) is 21.1 Å². The van der Waals surface area contributed by atoms with E-state index < -0.39 is 35.6 Å². The fourth-order valence-corrected chi connectivity index (χ4v) is 8.30. The van der Waals surface area contributed by atoms with Crippen LogP contribution in [0, 0.1) is 38.0 Å². The Morgan fingerprint density at radius 1 is 1.02 bits per heavy atom. The van der Waals surface area contributed by atoms with E-state index >= 15 is 0 Å². The third-order valence-corrected chi connectivity index (χ3v) is 11.1. The van der Waals surface area contributed by atoms with E-state index in [1.165, 1.54) is 12.1 Å². The number of esters is 2. The van der Waals surface area contributed by atoms with Crippen LogP contribution in [0.1, 0.15) is 72.0 Å². The number of carbonyl (C=O) groups excluding carboxylic acids is 4. The molecule has 2 N–H and O–H groups in total. The molecule has 278 valence electrons. The predicted molar refractivity (Wildman–Crippen MR) is 192 cm³/mol. The summed E-state index contributed by atoms with van der Waals surface area (Å²) in [5.74, 6) is 1.55. The lowest BCUT2D eigenvalue weighted by Gasteiger charge is -2.60. The number of hydrogen-bond acceptors (Lipinski definition) is 10. The lowest BCUT2D eigenvalue weighted by atomic mass is 9.72. The standard InChI is InChI=1S/C37H31ClF3N7O5S/c1-19-20(2)54-33-29(19)30(22-6-9-25(38)10-7-22)43-27(31-45-44-21(3)48(31)33)14-28(49)46-15-36(16-46)17-47(18-36)32(50)24-8-11-26(23(13-24)5-4-12-42)34(51)53-35(52)37(39,40)41/h6-11,13,27H,12,14-18,42H2,1-3H3/t27-/m0/s1. The summed E-state index contributed by atoms with van der Waals surface area (Å²) in [6.07, 6.45) is -5.32. The summed E-state index contributed by atoms with van der Waals surface area (Å²) in [7, 11) is 0. The van der Waals surface area contributed by atoms with Crippen molar-refractivity contribution in [2.45, 2.75) is 39.4 Å². The molecule has 3 aliphatic rings. The van der Waals surface area contributed by atoms with Gasteiger partial charge in [0.2, 0.25) is 5.91 Å². The minimum Gasteiger partial charge on any atom is -0.383 e. The van der Waals surface area contributed by atoms with Crippen LogP contribution in [0.15, 0.2) is 47.5 Å². The van der Waals surface area contributed by atoms with Gasteiger partial charge >= 0.3 is 18.1 Å². The molecule has 2 aromatic heterocycles. The molecule has 1 atom stereocenters. The lowest BCUT2D eigenvalue weighted by Crippen LogP contribution is -2.73. The Morgan fingerprint density at radius 3 is 2.37 bits per heavy atom. The summed E-state index contributed by atoms with van der Waals surface area (Å²) in [6, 6.07) is 10.4. The van der Waals surface area contributed by atoms with Crippen LogP contribution in [-0.2, 0) is 14.3 Å². The van der Waals surface area contributed by atoms with Crippen LogP contribution in [0.5, 0.6) is 0 Å². The van der Waals surface area contributed by atoms with E-state index in [0.717, 1.165) is 38.3 Å².